The van der Waals surface area contributed by atoms with Crippen LogP contribution in [0.5, 0.6) is 0 Å². The molecule has 2 aliphatic rings. The number of ether oxygens (including phenoxy) is 1. The van der Waals surface area contributed by atoms with Gasteiger partial charge < -0.3 is 20.7 Å². The smallest absolute Gasteiger partial charge is 0.240 e. The Morgan fingerprint density at radius 1 is 1.42 bits per heavy atom. The summed E-state index contributed by atoms with van der Waals surface area (Å²) in [5, 5.41) is 4.36. The molecular formula is C17H23Cl2N3O2. The standard InChI is InChI=1S/C17H23Cl2N3O2/c1-24-13-8-17(20,9-13)16(23)21-12-3-2-6-22(10-12)15-5-4-11(18)7-14(15)19/h4-5,7,12-13H,2-3,6,8-10,20H2,1H3,(H,21,23). The Bertz CT molecular complexity index is 620. The summed E-state index contributed by atoms with van der Waals surface area (Å²) in [7, 11) is 1.65. The highest BCUT2D eigenvalue weighted by Crippen LogP contribution is 2.33. The van der Waals surface area contributed by atoms with Gasteiger partial charge in [0, 0.05) is 44.1 Å². The zero-order chi connectivity index (χ0) is 17.3. The lowest BCUT2D eigenvalue weighted by Gasteiger charge is -2.44. The Kier molecular flexibility index (Phi) is 5.25. The average molecular weight is 372 g/mol. The number of nitrogens with zero attached hydrogens (tertiary/aromatic N) is 1. The minimum Gasteiger partial charge on any atom is -0.381 e. The molecule has 0 radical (unpaired) electrons. The van der Waals surface area contributed by atoms with Crippen LogP contribution in [-0.2, 0) is 9.53 Å². The zero-order valence-electron chi connectivity index (χ0n) is 13.7. The first-order chi connectivity index (χ1) is 11.4. The number of amides is 1. The number of halogens is 2. The van der Waals surface area contributed by atoms with E-state index in [9.17, 15) is 4.79 Å². The van der Waals surface area contributed by atoms with Gasteiger partial charge in [-0.15, -0.1) is 0 Å². The van der Waals surface area contributed by atoms with Crippen LogP contribution < -0.4 is 16.0 Å². The molecule has 1 aliphatic heterocycles. The van der Waals surface area contributed by atoms with Gasteiger partial charge in [0.15, 0.2) is 0 Å². The summed E-state index contributed by atoms with van der Waals surface area (Å²) >= 11 is 12.3. The van der Waals surface area contributed by atoms with Crippen LogP contribution in [0, 0.1) is 0 Å². The molecule has 1 aliphatic carbocycles. The van der Waals surface area contributed by atoms with E-state index < -0.39 is 5.54 Å². The van der Waals surface area contributed by atoms with E-state index in [0.717, 1.165) is 31.6 Å². The fourth-order valence-electron chi connectivity index (χ4n) is 3.49. The first-order valence-corrected chi connectivity index (χ1v) is 8.99. The molecule has 2 fully saturated rings. The molecule has 1 atom stereocenters. The Balaban J connectivity index is 1.61. The van der Waals surface area contributed by atoms with Gasteiger partial charge in [-0.25, -0.2) is 0 Å². The number of carbonyl (C=O) groups is 1. The molecule has 3 rings (SSSR count). The number of piperidine rings is 1. The van der Waals surface area contributed by atoms with Crippen molar-refractivity contribution >= 4 is 34.8 Å². The molecule has 24 heavy (non-hydrogen) atoms. The number of rotatable bonds is 4. The Morgan fingerprint density at radius 2 is 2.17 bits per heavy atom. The van der Waals surface area contributed by atoms with Gasteiger partial charge in [0.2, 0.25) is 5.91 Å². The monoisotopic (exact) mass is 371 g/mol. The van der Waals surface area contributed by atoms with Crippen LogP contribution in [0.4, 0.5) is 5.69 Å². The SMILES string of the molecule is COC1CC(N)(C(=O)NC2CCCN(c3ccc(Cl)cc3Cl)C2)C1. The summed E-state index contributed by atoms with van der Waals surface area (Å²) in [6.45, 7) is 1.63. The average Bonchev–Trinajstić information content (AvgIpc) is 2.52. The maximum Gasteiger partial charge on any atom is 0.240 e. The lowest BCUT2D eigenvalue weighted by atomic mass is 9.74. The minimum atomic E-state index is -0.791. The summed E-state index contributed by atoms with van der Waals surface area (Å²) in [5.41, 5.74) is 6.33. The van der Waals surface area contributed by atoms with Gasteiger partial charge in [-0.3, -0.25) is 4.79 Å². The number of hydrogen-bond donors (Lipinski definition) is 2. The quantitative estimate of drug-likeness (QED) is 0.853. The van der Waals surface area contributed by atoms with Gasteiger partial charge in [-0.2, -0.15) is 0 Å². The first-order valence-electron chi connectivity index (χ1n) is 8.24. The minimum absolute atomic E-state index is 0.0695. The summed E-state index contributed by atoms with van der Waals surface area (Å²) < 4.78 is 5.23. The molecule has 5 nitrogen and oxygen atoms in total. The molecule has 1 saturated heterocycles. The van der Waals surface area contributed by atoms with Crippen LogP contribution >= 0.6 is 23.2 Å². The molecule has 1 unspecified atom stereocenters. The van der Waals surface area contributed by atoms with Crippen molar-refractivity contribution in [1.82, 2.24) is 5.32 Å². The van der Waals surface area contributed by atoms with Gasteiger partial charge in [0.1, 0.15) is 5.54 Å². The fourth-order valence-corrected chi connectivity index (χ4v) is 4.01. The second-order valence-electron chi connectivity index (χ2n) is 6.78. The number of methoxy groups -OCH3 is 1. The predicted octanol–water partition coefficient (Wildman–Crippen LogP) is 2.58. The number of nitrogens with one attached hydrogen (secondary N) is 1. The Hall–Kier alpha value is -1.01. The lowest BCUT2D eigenvalue weighted by molar-refractivity contribution is -0.136. The molecule has 1 saturated carbocycles. The van der Waals surface area contributed by atoms with Crippen molar-refractivity contribution in [3.63, 3.8) is 0 Å². The third kappa shape index (κ3) is 3.64. The summed E-state index contributed by atoms with van der Waals surface area (Å²) in [6, 6.07) is 5.57. The molecule has 0 bridgehead atoms. The number of benzene rings is 1. The van der Waals surface area contributed by atoms with Gasteiger partial charge in [0.05, 0.1) is 16.8 Å². The van der Waals surface area contributed by atoms with Crippen molar-refractivity contribution in [3.8, 4) is 0 Å². The van der Waals surface area contributed by atoms with Gasteiger partial charge in [0.25, 0.3) is 0 Å². The molecule has 132 valence electrons. The molecule has 0 aromatic heterocycles. The number of anilines is 1. The number of carbonyl (C=O) groups excluding carboxylic acids is 1. The number of hydrogen-bond acceptors (Lipinski definition) is 4. The van der Waals surface area contributed by atoms with Crippen molar-refractivity contribution in [3.05, 3.63) is 28.2 Å². The van der Waals surface area contributed by atoms with Crippen LogP contribution in [0.2, 0.25) is 10.0 Å². The van der Waals surface area contributed by atoms with Gasteiger partial charge >= 0.3 is 0 Å². The van der Waals surface area contributed by atoms with Gasteiger partial charge in [-0.05, 0) is 31.0 Å². The van der Waals surface area contributed by atoms with Crippen molar-refractivity contribution in [2.75, 3.05) is 25.1 Å². The predicted molar refractivity (Wildman–Crippen MR) is 96.8 cm³/mol. The summed E-state index contributed by atoms with van der Waals surface area (Å²) in [6.07, 6.45) is 3.18. The second kappa shape index (κ2) is 7.08. The van der Waals surface area contributed by atoms with E-state index in [2.05, 4.69) is 10.2 Å². The molecule has 1 aromatic carbocycles. The van der Waals surface area contributed by atoms with E-state index in [4.69, 9.17) is 33.7 Å². The highest BCUT2D eigenvalue weighted by molar-refractivity contribution is 6.36. The first kappa shape index (κ1) is 17.8. The van der Waals surface area contributed by atoms with Crippen molar-refractivity contribution < 1.29 is 9.53 Å². The van der Waals surface area contributed by atoms with Crippen LogP contribution in [-0.4, -0.2) is 43.8 Å². The molecular weight excluding hydrogens is 349 g/mol. The lowest BCUT2D eigenvalue weighted by Crippen LogP contribution is -2.66. The zero-order valence-corrected chi connectivity index (χ0v) is 15.2. The Morgan fingerprint density at radius 3 is 2.83 bits per heavy atom. The van der Waals surface area contributed by atoms with Gasteiger partial charge in [-0.1, -0.05) is 23.2 Å². The summed E-state index contributed by atoms with van der Waals surface area (Å²) in [4.78, 5) is 14.7. The highest BCUT2D eigenvalue weighted by atomic mass is 35.5. The summed E-state index contributed by atoms with van der Waals surface area (Å²) in [5.74, 6) is -0.0788. The largest absolute Gasteiger partial charge is 0.381 e. The van der Waals surface area contributed by atoms with E-state index in [1.54, 1.807) is 13.2 Å². The Labute approximate surface area is 152 Å². The van der Waals surface area contributed by atoms with Crippen molar-refractivity contribution in [2.45, 2.75) is 43.4 Å². The molecule has 7 heteroatoms. The third-order valence-corrected chi connectivity index (χ3v) is 5.51. The second-order valence-corrected chi connectivity index (χ2v) is 7.62. The molecule has 3 N–H and O–H groups in total. The van der Waals surface area contributed by atoms with Crippen molar-refractivity contribution in [2.24, 2.45) is 5.73 Å². The molecule has 1 amide bonds. The van der Waals surface area contributed by atoms with E-state index >= 15 is 0 Å². The van der Waals surface area contributed by atoms with Crippen LogP contribution in [0.3, 0.4) is 0 Å². The van der Waals surface area contributed by atoms with E-state index in [0.29, 0.717) is 22.9 Å². The van der Waals surface area contributed by atoms with Crippen molar-refractivity contribution in [1.29, 1.82) is 0 Å². The molecule has 1 aromatic rings. The van der Waals surface area contributed by atoms with Crippen LogP contribution in [0.15, 0.2) is 18.2 Å². The van der Waals surface area contributed by atoms with E-state index in [-0.39, 0.29) is 18.1 Å². The molecule has 0 spiro atoms. The maximum absolute atomic E-state index is 12.5. The topological polar surface area (TPSA) is 67.6 Å². The maximum atomic E-state index is 12.5. The number of nitrogens with two attached hydrogens (primary N) is 1. The fraction of sp³-hybridized carbons (Fsp3) is 0.588. The highest BCUT2D eigenvalue weighted by Gasteiger charge is 2.47. The normalized spacial score (nSPS) is 29.9. The van der Waals surface area contributed by atoms with E-state index in [1.165, 1.54) is 0 Å². The van der Waals surface area contributed by atoms with Crippen LogP contribution in [0.25, 0.3) is 0 Å². The molecule has 1 heterocycles. The van der Waals surface area contributed by atoms with Crippen LogP contribution in [0.1, 0.15) is 25.7 Å². The third-order valence-electron chi connectivity index (χ3n) is 4.98. The van der Waals surface area contributed by atoms with E-state index in [1.807, 2.05) is 12.1 Å².